The standard InChI is InChI=1S/C24H27N3O2/c1-2-27(14-13-19-16-25-22-6-4-3-5-20(19)22)23-11-9-18-15-17(7-10-21(18)23)8-12-24(28)26-29/h3-8,10,12,15-16,23,25,29H,2,9,11,13-14H2,1H3,(H,26,28). The largest absolute Gasteiger partial charge is 0.361 e. The van der Waals surface area contributed by atoms with Gasteiger partial charge >= 0.3 is 0 Å². The molecule has 4 rings (SSSR count). The molecular formula is C24H27N3O2. The van der Waals surface area contributed by atoms with E-state index in [-0.39, 0.29) is 0 Å². The van der Waals surface area contributed by atoms with Gasteiger partial charge in [-0.05, 0) is 60.2 Å². The zero-order valence-corrected chi connectivity index (χ0v) is 16.7. The third-order valence-electron chi connectivity index (χ3n) is 5.94. The molecule has 0 aliphatic heterocycles. The van der Waals surface area contributed by atoms with Gasteiger partial charge in [-0.3, -0.25) is 14.9 Å². The Hall–Kier alpha value is -2.89. The summed E-state index contributed by atoms with van der Waals surface area (Å²) in [4.78, 5) is 17.1. The van der Waals surface area contributed by atoms with Gasteiger partial charge < -0.3 is 4.98 Å². The van der Waals surface area contributed by atoms with Crippen molar-refractivity contribution in [2.24, 2.45) is 0 Å². The van der Waals surface area contributed by atoms with E-state index in [1.54, 1.807) is 11.6 Å². The fourth-order valence-corrected chi connectivity index (χ4v) is 4.44. The van der Waals surface area contributed by atoms with Crippen molar-refractivity contribution in [2.45, 2.75) is 32.2 Å². The Labute approximate surface area is 171 Å². The first-order chi connectivity index (χ1) is 14.2. The van der Waals surface area contributed by atoms with Crippen molar-refractivity contribution in [2.75, 3.05) is 13.1 Å². The minimum atomic E-state index is -0.516. The van der Waals surface area contributed by atoms with Crippen LogP contribution in [0.2, 0.25) is 0 Å². The molecule has 1 amide bonds. The fraction of sp³-hybridized carbons (Fsp3) is 0.292. The Bertz CT molecular complexity index is 1040. The molecule has 3 N–H and O–H groups in total. The highest BCUT2D eigenvalue weighted by molar-refractivity contribution is 5.90. The Morgan fingerprint density at radius 3 is 3.00 bits per heavy atom. The van der Waals surface area contributed by atoms with Crippen molar-refractivity contribution < 1.29 is 10.0 Å². The molecule has 150 valence electrons. The van der Waals surface area contributed by atoms with Gasteiger partial charge in [0.05, 0.1) is 0 Å². The van der Waals surface area contributed by atoms with Gasteiger partial charge in [0.1, 0.15) is 0 Å². The minimum absolute atomic E-state index is 0.443. The van der Waals surface area contributed by atoms with Gasteiger partial charge in [-0.2, -0.15) is 0 Å². The number of carbonyl (C=O) groups excluding carboxylic acids is 1. The molecule has 29 heavy (non-hydrogen) atoms. The van der Waals surface area contributed by atoms with Crippen molar-refractivity contribution in [1.82, 2.24) is 15.4 Å². The Kier molecular flexibility index (Phi) is 5.79. The van der Waals surface area contributed by atoms with Gasteiger partial charge in [0.2, 0.25) is 0 Å². The molecule has 5 heteroatoms. The number of nitrogens with one attached hydrogen (secondary N) is 2. The second-order valence-corrected chi connectivity index (χ2v) is 7.56. The first-order valence-corrected chi connectivity index (χ1v) is 10.2. The van der Waals surface area contributed by atoms with Crippen molar-refractivity contribution >= 4 is 22.9 Å². The number of aromatic amines is 1. The van der Waals surface area contributed by atoms with Gasteiger partial charge in [-0.25, -0.2) is 5.48 Å². The zero-order chi connectivity index (χ0) is 20.2. The van der Waals surface area contributed by atoms with Crippen LogP contribution >= 0.6 is 0 Å². The summed E-state index contributed by atoms with van der Waals surface area (Å²) in [6, 6.07) is 15.3. The average Bonchev–Trinajstić information content (AvgIpc) is 3.37. The minimum Gasteiger partial charge on any atom is -0.361 e. The number of fused-ring (bicyclic) bond motifs is 2. The van der Waals surface area contributed by atoms with E-state index in [0.29, 0.717) is 6.04 Å². The highest BCUT2D eigenvalue weighted by Gasteiger charge is 2.27. The molecule has 5 nitrogen and oxygen atoms in total. The lowest BCUT2D eigenvalue weighted by molar-refractivity contribution is -0.124. The molecule has 1 aliphatic rings. The lowest BCUT2D eigenvalue weighted by Gasteiger charge is -2.28. The van der Waals surface area contributed by atoms with Crippen molar-refractivity contribution in [1.29, 1.82) is 0 Å². The zero-order valence-electron chi connectivity index (χ0n) is 16.7. The number of amides is 1. The topological polar surface area (TPSA) is 68.4 Å². The van der Waals surface area contributed by atoms with Gasteiger partial charge in [0, 0.05) is 35.8 Å². The molecule has 1 unspecified atom stereocenters. The summed E-state index contributed by atoms with van der Waals surface area (Å²) in [5.74, 6) is -0.516. The van der Waals surface area contributed by atoms with E-state index in [9.17, 15) is 4.79 Å². The highest BCUT2D eigenvalue weighted by atomic mass is 16.5. The normalized spacial score (nSPS) is 16.0. The number of benzene rings is 2. The number of carbonyl (C=O) groups is 1. The van der Waals surface area contributed by atoms with E-state index in [1.807, 2.05) is 6.07 Å². The van der Waals surface area contributed by atoms with Crippen LogP contribution in [0, 0.1) is 0 Å². The maximum absolute atomic E-state index is 11.2. The highest BCUT2D eigenvalue weighted by Crippen LogP contribution is 2.36. The number of para-hydroxylation sites is 1. The van der Waals surface area contributed by atoms with Crippen molar-refractivity contribution in [3.63, 3.8) is 0 Å². The van der Waals surface area contributed by atoms with E-state index in [0.717, 1.165) is 37.9 Å². The number of hydroxylamine groups is 1. The number of likely N-dealkylation sites (N-methyl/N-ethyl adjacent to an activating group) is 1. The molecule has 0 radical (unpaired) electrons. The van der Waals surface area contributed by atoms with E-state index in [4.69, 9.17) is 5.21 Å². The van der Waals surface area contributed by atoms with Crippen molar-refractivity contribution in [3.8, 4) is 0 Å². The van der Waals surface area contributed by atoms with Crippen LogP contribution in [0.15, 0.2) is 54.7 Å². The number of aromatic nitrogens is 1. The van der Waals surface area contributed by atoms with Crippen LogP contribution in [0.3, 0.4) is 0 Å². The summed E-state index contributed by atoms with van der Waals surface area (Å²) in [6.07, 6.45) is 8.42. The SMILES string of the molecule is CCN(CCc1c[nH]c2ccccc12)C1CCc2cc(C=CC(=O)NO)ccc21. The van der Waals surface area contributed by atoms with Gasteiger partial charge in [-0.15, -0.1) is 0 Å². The molecule has 0 spiro atoms. The van der Waals surface area contributed by atoms with Crippen LogP contribution in [0.5, 0.6) is 0 Å². The number of nitrogens with zero attached hydrogens (tertiary/aromatic N) is 1. The van der Waals surface area contributed by atoms with E-state index >= 15 is 0 Å². The summed E-state index contributed by atoms with van der Waals surface area (Å²) in [7, 11) is 0. The van der Waals surface area contributed by atoms with Gasteiger partial charge in [-0.1, -0.05) is 43.3 Å². The van der Waals surface area contributed by atoms with Gasteiger partial charge in [0.25, 0.3) is 5.91 Å². The smallest absolute Gasteiger partial charge is 0.267 e. The third-order valence-corrected chi connectivity index (χ3v) is 5.94. The lowest BCUT2D eigenvalue weighted by Crippen LogP contribution is -2.29. The summed E-state index contributed by atoms with van der Waals surface area (Å²) in [5.41, 5.74) is 7.93. The summed E-state index contributed by atoms with van der Waals surface area (Å²) in [5, 5.41) is 9.93. The predicted molar refractivity (Wildman–Crippen MR) is 116 cm³/mol. The number of aryl methyl sites for hydroxylation is 1. The molecule has 0 saturated carbocycles. The molecule has 0 saturated heterocycles. The number of hydrogen-bond acceptors (Lipinski definition) is 3. The summed E-state index contributed by atoms with van der Waals surface area (Å²) >= 11 is 0. The maximum atomic E-state index is 11.2. The first-order valence-electron chi connectivity index (χ1n) is 10.2. The Balaban J connectivity index is 1.47. The van der Waals surface area contributed by atoms with E-state index < -0.39 is 5.91 Å². The number of rotatable bonds is 7. The van der Waals surface area contributed by atoms with Gasteiger partial charge in [0.15, 0.2) is 0 Å². The molecule has 1 aromatic heterocycles. The molecule has 1 heterocycles. The fourth-order valence-electron chi connectivity index (χ4n) is 4.44. The maximum Gasteiger partial charge on any atom is 0.267 e. The lowest BCUT2D eigenvalue weighted by atomic mass is 10.0. The monoisotopic (exact) mass is 389 g/mol. The molecular weight excluding hydrogens is 362 g/mol. The van der Waals surface area contributed by atoms with Crippen molar-refractivity contribution in [3.05, 3.63) is 77.0 Å². The molecule has 2 aromatic carbocycles. The van der Waals surface area contributed by atoms with Crippen LogP contribution in [0.25, 0.3) is 17.0 Å². The quantitative estimate of drug-likeness (QED) is 0.322. The second-order valence-electron chi connectivity index (χ2n) is 7.56. The molecule has 0 fully saturated rings. The Morgan fingerprint density at radius 2 is 2.17 bits per heavy atom. The van der Waals surface area contributed by atoms with Crippen LogP contribution in [-0.4, -0.2) is 34.1 Å². The molecule has 3 aromatic rings. The first kappa shape index (κ1) is 19.4. The van der Waals surface area contributed by atoms with E-state index in [2.05, 4.69) is 59.4 Å². The predicted octanol–water partition coefficient (Wildman–Crippen LogP) is 4.24. The Morgan fingerprint density at radius 1 is 1.31 bits per heavy atom. The number of H-pyrrole nitrogens is 1. The van der Waals surface area contributed by atoms with E-state index in [1.165, 1.54) is 33.7 Å². The molecule has 0 bridgehead atoms. The van der Waals surface area contributed by atoms with Crippen LogP contribution in [0.1, 0.15) is 41.6 Å². The summed E-state index contributed by atoms with van der Waals surface area (Å²) in [6.45, 7) is 4.28. The number of hydrogen-bond donors (Lipinski definition) is 3. The third kappa shape index (κ3) is 4.11. The summed E-state index contributed by atoms with van der Waals surface area (Å²) < 4.78 is 0. The molecule has 1 atom stereocenters. The molecule has 1 aliphatic carbocycles. The average molecular weight is 389 g/mol. The van der Waals surface area contributed by atoms with Crippen LogP contribution < -0.4 is 5.48 Å². The second kappa shape index (κ2) is 8.64. The van der Waals surface area contributed by atoms with Crippen LogP contribution in [-0.2, 0) is 17.6 Å². The van der Waals surface area contributed by atoms with Crippen LogP contribution in [0.4, 0.5) is 0 Å².